The number of amides is 3. The lowest BCUT2D eigenvalue weighted by atomic mass is 9.74. The summed E-state index contributed by atoms with van der Waals surface area (Å²) in [6.45, 7) is 2.25. The van der Waals surface area contributed by atoms with Crippen LogP contribution in [0.2, 0.25) is 0 Å². The van der Waals surface area contributed by atoms with Gasteiger partial charge in [-0.3, -0.25) is 19.2 Å². The number of carbonyl (C=O) groups is 4. The van der Waals surface area contributed by atoms with Crippen molar-refractivity contribution >= 4 is 40.2 Å². The number of aliphatic hydroxyl groups excluding tert-OH is 1. The Hall–Kier alpha value is -4.02. The molecule has 1 spiro atoms. The Balaban J connectivity index is 1.44. The number of cyclic esters (lactones) is 1. The molecule has 0 aromatic heterocycles. The SMILES string of the molecule is C[C@H]1CNC(=O)CC/C=C\CN(c2ccc3ccccc3c2)C(=O)[C@H]2N(CCCCO)C(=O)[C@@H]3[C@@H](C(=O)O1)[C@H]1C=C[C@]32O1. The second-order valence-electron chi connectivity index (χ2n) is 11.7. The van der Waals surface area contributed by atoms with Crippen LogP contribution in [0.4, 0.5) is 5.69 Å². The van der Waals surface area contributed by atoms with Crippen LogP contribution in [0.3, 0.4) is 0 Å². The van der Waals surface area contributed by atoms with Gasteiger partial charge in [-0.2, -0.15) is 0 Å². The molecule has 2 aromatic carbocycles. The van der Waals surface area contributed by atoms with E-state index in [4.69, 9.17) is 9.47 Å². The number of allylic oxidation sites excluding steroid dienone is 1. The highest BCUT2D eigenvalue weighted by molar-refractivity contribution is 6.06. The molecule has 2 saturated heterocycles. The predicted octanol–water partition coefficient (Wildman–Crippen LogP) is 2.49. The summed E-state index contributed by atoms with van der Waals surface area (Å²) in [4.78, 5) is 58.1. The molecule has 0 aliphatic carbocycles. The van der Waals surface area contributed by atoms with Gasteiger partial charge in [-0.1, -0.05) is 54.6 Å². The van der Waals surface area contributed by atoms with Crippen molar-refractivity contribution in [3.8, 4) is 0 Å². The average Bonchev–Trinajstić information content (AvgIpc) is 3.64. The van der Waals surface area contributed by atoms with Gasteiger partial charge < -0.3 is 29.7 Å². The number of likely N-dealkylation sites (tertiary alicyclic amines) is 1. The zero-order valence-electron chi connectivity index (χ0n) is 24.2. The van der Waals surface area contributed by atoms with E-state index in [-0.39, 0.29) is 50.4 Å². The summed E-state index contributed by atoms with van der Waals surface area (Å²) in [6.07, 6.45) is 7.64. The molecule has 226 valence electrons. The van der Waals surface area contributed by atoms with Gasteiger partial charge in [0.2, 0.25) is 11.8 Å². The van der Waals surface area contributed by atoms with Crippen LogP contribution in [0.25, 0.3) is 10.8 Å². The standard InChI is InChI=1S/C33H37N3O7/c1-21-20-34-26(38)11-3-2-6-16-35(24-13-12-22-9-4-5-10-23(22)19-24)31(40)29-33-15-14-25(43-33)27(32(41)42-21)28(33)30(39)36(29)17-7-8-18-37/h2,4-6,9-10,12-15,19,21,25,27-29,37H,3,7-8,11,16-18,20H2,1H3,(H,34,38)/b6-2-/t21-,25+,27-,28-,29+,33-/m0/s1. The van der Waals surface area contributed by atoms with E-state index in [0.29, 0.717) is 24.9 Å². The number of nitrogens with one attached hydrogen (secondary N) is 1. The molecule has 2 fully saturated rings. The number of rotatable bonds is 5. The van der Waals surface area contributed by atoms with E-state index in [0.717, 1.165) is 10.8 Å². The molecular formula is C33H37N3O7. The third-order valence-electron chi connectivity index (χ3n) is 8.89. The maximum atomic E-state index is 14.8. The van der Waals surface area contributed by atoms with E-state index in [1.165, 1.54) is 0 Å². The quantitative estimate of drug-likeness (QED) is 0.313. The first-order valence-corrected chi connectivity index (χ1v) is 15.0. The second-order valence-corrected chi connectivity index (χ2v) is 11.7. The summed E-state index contributed by atoms with van der Waals surface area (Å²) in [5.74, 6) is -3.26. The smallest absolute Gasteiger partial charge is 0.313 e. The van der Waals surface area contributed by atoms with E-state index in [9.17, 15) is 24.3 Å². The van der Waals surface area contributed by atoms with Gasteiger partial charge in [0.1, 0.15) is 23.7 Å². The van der Waals surface area contributed by atoms with Crippen molar-refractivity contribution in [1.29, 1.82) is 0 Å². The van der Waals surface area contributed by atoms with Gasteiger partial charge in [0.15, 0.2) is 0 Å². The van der Waals surface area contributed by atoms with Crippen molar-refractivity contribution in [2.24, 2.45) is 11.8 Å². The molecule has 5 bridgehead atoms. The molecule has 3 amide bonds. The van der Waals surface area contributed by atoms with Gasteiger partial charge in [0.25, 0.3) is 5.91 Å². The van der Waals surface area contributed by atoms with Crippen molar-refractivity contribution in [2.45, 2.75) is 56.5 Å². The Morgan fingerprint density at radius 3 is 2.65 bits per heavy atom. The number of hydrogen-bond donors (Lipinski definition) is 2. The molecule has 6 rings (SSSR count). The highest BCUT2D eigenvalue weighted by atomic mass is 16.6. The number of aliphatic hydroxyl groups is 1. The molecule has 0 radical (unpaired) electrons. The number of hydrogen-bond acceptors (Lipinski definition) is 7. The Kier molecular flexibility index (Phi) is 8.07. The largest absolute Gasteiger partial charge is 0.460 e. The van der Waals surface area contributed by atoms with Gasteiger partial charge in [0, 0.05) is 31.8 Å². The van der Waals surface area contributed by atoms with Gasteiger partial charge in [-0.15, -0.1) is 0 Å². The van der Waals surface area contributed by atoms with Gasteiger partial charge >= 0.3 is 5.97 Å². The lowest BCUT2D eigenvalue weighted by Crippen LogP contribution is -2.56. The van der Waals surface area contributed by atoms with Crippen LogP contribution >= 0.6 is 0 Å². The monoisotopic (exact) mass is 587 g/mol. The molecule has 2 N–H and O–H groups in total. The number of carbonyl (C=O) groups excluding carboxylic acids is 4. The number of esters is 1. The molecular weight excluding hydrogens is 550 g/mol. The minimum absolute atomic E-state index is 0.0366. The summed E-state index contributed by atoms with van der Waals surface area (Å²) >= 11 is 0. The summed E-state index contributed by atoms with van der Waals surface area (Å²) in [7, 11) is 0. The lowest BCUT2D eigenvalue weighted by Gasteiger charge is -2.36. The first-order valence-electron chi connectivity index (χ1n) is 15.0. The Morgan fingerprint density at radius 1 is 1.02 bits per heavy atom. The summed E-state index contributed by atoms with van der Waals surface area (Å²) in [5, 5.41) is 14.2. The number of anilines is 1. The highest BCUT2D eigenvalue weighted by Crippen LogP contribution is 2.55. The second kappa shape index (κ2) is 11.9. The first-order chi connectivity index (χ1) is 20.8. The number of benzene rings is 2. The van der Waals surface area contributed by atoms with Crippen LogP contribution in [0.15, 0.2) is 66.8 Å². The van der Waals surface area contributed by atoms with Crippen LogP contribution in [0.5, 0.6) is 0 Å². The Morgan fingerprint density at radius 2 is 1.84 bits per heavy atom. The average molecular weight is 588 g/mol. The molecule has 4 heterocycles. The maximum Gasteiger partial charge on any atom is 0.313 e. The van der Waals surface area contributed by atoms with E-state index in [1.54, 1.807) is 28.9 Å². The van der Waals surface area contributed by atoms with Crippen LogP contribution in [0, 0.1) is 11.8 Å². The Labute approximate surface area is 250 Å². The fourth-order valence-electron chi connectivity index (χ4n) is 6.84. The number of fused-ring (bicyclic) bond motifs is 3. The van der Waals surface area contributed by atoms with Crippen molar-refractivity contribution in [3.63, 3.8) is 0 Å². The van der Waals surface area contributed by atoms with Crippen LogP contribution in [0.1, 0.15) is 32.6 Å². The molecule has 10 heteroatoms. The predicted molar refractivity (Wildman–Crippen MR) is 159 cm³/mol. The van der Waals surface area contributed by atoms with Gasteiger partial charge in [-0.05, 0) is 49.1 Å². The van der Waals surface area contributed by atoms with E-state index >= 15 is 0 Å². The normalized spacial score (nSPS) is 31.8. The lowest BCUT2D eigenvalue weighted by molar-refractivity contribution is -0.158. The summed E-state index contributed by atoms with van der Waals surface area (Å²) in [5.41, 5.74) is -0.667. The van der Waals surface area contributed by atoms with Crippen LogP contribution in [-0.4, -0.2) is 83.8 Å². The third kappa shape index (κ3) is 5.23. The van der Waals surface area contributed by atoms with Crippen LogP contribution in [-0.2, 0) is 28.7 Å². The molecule has 43 heavy (non-hydrogen) atoms. The van der Waals surface area contributed by atoms with E-state index < -0.39 is 41.7 Å². The molecule has 6 atom stereocenters. The van der Waals surface area contributed by atoms with E-state index in [2.05, 4.69) is 5.32 Å². The van der Waals surface area contributed by atoms with Crippen molar-refractivity contribution < 1.29 is 33.8 Å². The summed E-state index contributed by atoms with van der Waals surface area (Å²) in [6, 6.07) is 12.7. The van der Waals surface area contributed by atoms with Crippen LogP contribution < -0.4 is 10.2 Å². The summed E-state index contributed by atoms with van der Waals surface area (Å²) < 4.78 is 12.2. The zero-order chi connectivity index (χ0) is 30.1. The number of unbranched alkanes of at least 4 members (excludes halogenated alkanes) is 1. The molecule has 2 aromatic rings. The fraction of sp³-hybridized carbons (Fsp3) is 0.455. The van der Waals surface area contributed by atoms with Crippen molar-refractivity contribution in [3.05, 3.63) is 66.8 Å². The Bertz CT molecular complexity index is 1490. The van der Waals surface area contributed by atoms with Crippen molar-refractivity contribution in [1.82, 2.24) is 10.2 Å². The number of nitrogens with zero attached hydrogens (tertiary/aromatic N) is 2. The van der Waals surface area contributed by atoms with Gasteiger partial charge in [0.05, 0.1) is 18.6 Å². The highest BCUT2D eigenvalue weighted by Gasteiger charge is 2.73. The maximum absolute atomic E-state index is 14.8. The molecule has 4 aliphatic heterocycles. The first kappa shape index (κ1) is 29.1. The van der Waals surface area contributed by atoms with Crippen molar-refractivity contribution in [2.75, 3.05) is 31.1 Å². The minimum atomic E-state index is -1.33. The molecule has 0 unspecified atom stereocenters. The zero-order valence-corrected chi connectivity index (χ0v) is 24.2. The molecule has 4 aliphatic rings. The minimum Gasteiger partial charge on any atom is -0.460 e. The topological polar surface area (TPSA) is 125 Å². The molecule has 10 nitrogen and oxygen atoms in total. The number of ether oxygens (including phenoxy) is 2. The third-order valence-corrected chi connectivity index (χ3v) is 8.89. The fourth-order valence-corrected chi connectivity index (χ4v) is 6.84. The van der Waals surface area contributed by atoms with Gasteiger partial charge in [-0.25, -0.2) is 0 Å². The van der Waals surface area contributed by atoms with E-state index in [1.807, 2.05) is 54.6 Å². The molecule has 0 saturated carbocycles.